The van der Waals surface area contributed by atoms with Gasteiger partial charge in [0.05, 0.1) is 19.8 Å². The first-order valence-electron chi connectivity index (χ1n) is 7.48. The topological polar surface area (TPSA) is 59.6 Å². The maximum absolute atomic E-state index is 11.6. The molecule has 1 fully saturated rings. The van der Waals surface area contributed by atoms with Crippen molar-refractivity contribution in [3.8, 4) is 11.5 Å². The van der Waals surface area contributed by atoms with E-state index >= 15 is 0 Å². The predicted octanol–water partition coefficient (Wildman–Crippen LogP) is 1.85. The van der Waals surface area contributed by atoms with Crippen LogP contribution < -0.4 is 20.1 Å². The fourth-order valence-electron chi connectivity index (χ4n) is 2.52. The number of amides is 1. The quantitative estimate of drug-likeness (QED) is 0.805. The number of methoxy groups -OCH3 is 1. The Kier molecular flexibility index (Phi) is 5.87. The Bertz CT molecular complexity index is 471. The molecule has 0 radical (unpaired) electrons. The van der Waals surface area contributed by atoms with E-state index in [1.807, 2.05) is 18.2 Å². The van der Waals surface area contributed by atoms with Crippen LogP contribution >= 0.6 is 0 Å². The average molecular weight is 292 g/mol. The predicted molar refractivity (Wildman–Crippen MR) is 81.7 cm³/mol. The van der Waals surface area contributed by atoms with Gasteiger partial charge in [-0.15, -0.1) is 0 Å². The van der Waals surface area contributed by atoms with E-state index in [4.69, 9.17) is 9.47 Å². The van der Waals surface area contributed by atoms with E-state index in [-0.39, 0.29) is 12.0 Å². The Morgan fingerprint density at radius 3 is 2.76 bits per heavy atom. The van der Waals surface area contributed by atoms with Crippen molar-refractivity contribution in [1.82, 2.24) is 10.6 Å². The number of hydrogen-bond acceptors (Lipinski definition) is 4. The lowest BCUT2D eigenvalue weighted by Crippen LogP contribution is -2.31. The molecule has 0 aliphatic heterocycles. The zero-order chi connectivity index (χ0) is 15.1. The number of ether oxygens (including phenoxy) is 2. The zero-order valence-electron chi connectivity index (χ0n) is 12.8. The van der Waals surface area contributed by atoms with Gasteiger partial charge in [-0.1, -0.05) is 0 Å². The highest BCUT2D eigenvalue weighted by molar-refractivity contribution is 5.78. The number of carbonyl (C=O) groups excluding carboxylic acids is 1. The summed E-state index contributed by atoms with van der Waals surface area (Å²) in [4.78, 5) is 11.6. The van der Waals surface area contributed by atoms with Gasteiger partial charge < -0.3 is 20.1 Å². The van der Waals surface area contributed by atoms with E-state index in [2.05, 4.69) is 10.6 Å². The number of carbonyl (C=O) groups is 1. The second-order valence-electron chi connectivity index (χ2n) is 5.31. The van der Waals surface area contributed by atoms with Crippen LogP contribution in [0.15, 0.2) is 18.2 Å². The first kappa shape index (κ1) is 15.6. The van der Waals surface area contributed by atoms with Gasteiger partial charge in [-0.3, -0.25) is 4.79 Å². The third-order valence-corrected chi connectivity index (χ3v) is 3.68. The molecule has 1 amide bonds. The van der Waals surface area contributed by atoms with Crippen LogP contribution in [0.3, 0.4) is 0 Å². The molecule has 0 spiro atoms. The molecule has 0 saturated heterocycles. The summed E-state index contributed by atoms with van der Waals surface area (Å²) in [6.07, 6.45) is 4.93. The molecule has 1 aromatic rings. The largest absolute Gasteiger partial charge is 0.497 e. The first-order chi connectivity index (χ1) is 10.2. The van der Waals surface area contributed by atoms with Crippen LogP contribution in [0, 0.1) is 0 Å². The van der Waals surface area contributed by atoms with E-state index in [1.165, 1.54) is 12.8 Å². The summed E-state index contributed by atoms with van der Waals surface area (Å²) < 4.78 is 11.4. The van der Waals surface area contributed by atoms with Gasteiger partial charge >= 0.3 is 0 Å². The Balaban J connectivity index is 2.05. The number of benzene rings is 1. The fraction of sp³-hybridized carbons (Fsp3) is 0.562. The molecule has 5 nitrogen and oxygen atoms in total. The van der Waals surface area contributed by atoms with Crippen LogP contribution in [0.25, 0.3) is 0 Å². The summed E-state index contributed by atoms with van der Waals surface area (Å²) >= 11 is 0. The molecule has 5 heteroatoms. The lowest BCUT2D eigenvalue weighted by atomic mass is 10.1. The molecule has 0 unspecified atom stereocenters. The van der Waals surface area contributed by atoms with E-state index < -0.39 is 0 Å². The van der Waals surface area contributed by atoms with Crippen molar-refractivity contribution in [3.05, 3.63) is 23.8 Å². The van der Waals surface area contributed by atoms with Gasteiger partial charge in [0.15, 0.2) is 0 Å². The molecule has 21 heavy (non-hydrogen) atoms. The third-order valence-electron chi connectivity index (χ3n) is 3.68. The van der Waals surface area contributed by atoms with E-state index in [1.54, 1.807) is 14.2 Å². The highest BCUT2D eigenvalue weighted by atomic mass is 16.5. The lowest BCUT2D eigenvalue weighted by molar-refractivity contribution is -0.120. The minimum atomic E-state index is -0.0277. The standard InChI is InChI=1S/C16H24N2O3/c1-17-11-16(19)18-10-12-7-8-14(20-2)9-15(12)21-13-5-3-4-6-13/h7-9,13,17H,3-6,10-11H2,1-2H3,(H,18,19). The van der Waals surface area contributed by atoms with Gasteiger partial charge in [-0.2, -0.15) is 0 Å². The van der Waals surface area contributed by atoms with Crippen LogP contribution in [0.4, 0.5) is 0 Å². The molecule has 116 valence electrons. The van der Waals surface area contributed by atoms with Gasteiger partial charge in [0.1, 0.15) is 11.5 Å². The lowest BCUT2D eigenvalue weighted by Gasteiger charge is -2.18. The number of nitrogens with one attached hydrogen (secondary N) is 2. The highest BCUT2D eigenvalue weighted by Gasteiger charge is 2.18. The summed E-state index contributed by atoms with van der Waals surface area (Å²) in [6, 6.07) is 5.74. The molecule has 1 aromatic carbocycles. The number of rotatable bonds is 7. The maximum Gasteiger partial charge on any atom is 0.234 e. The van der Waals surface area contributed by atoms with Gasteiger partial charge in [0.2, 0.25) is 5.91 Å². The molecule has 1 saturated carbocycles. The van der Waals surface area contributed by atoms with Crippen molar-refractivity contribution >= 4 is 5.91 Å². The Hall–Kier alpha value is -1.75. The van der Waals surface area contributed by atoms with Crippen molar-refractivity contribution < 1.29 is 14.3 Å². The molecule has 0 atom stereocenters. The summed E-state index contributed by atoms with van der Waals surface area (Å²) in [5.74, 6) is 1.56. The second-order valence-corrected chi connectivity index (χ2v) is 5.31. The van der Waals surface area contributed by atoms with Gasteiger partial charge in [0, 0.05) is 18.2 Å². The molecule has 1 aliphatic rings. The molecule has 2 rings (SSSR count). The van der Waals surface area contributed by atoms with Gasteiger partial charge in [-0.05, 0) is 44.9 Å². The fourth-order valence-corrected chi connectivity index (χ4v) is 2.52. The molecular weight excluding hydrogens is 268 g/mol. The molecule has 0 heterocycles. The average Bonchev–Trinajstić information content (AvgIpc) is 2.99. The monoisotopic (exact) mass is 292 g/mol. The minimum absolute atomic E-state index is 0.0277. The SMILES string of the molecule is CNCC(=O)NCc1ccc(OC)cc1OC1CCCC1. The Morgan fingerprint density at radius 2 is 2.10 bits per heavy atom. The normalized spacial score (nSPS) is 15.0. The van der Waals surface area contributed by atoms with Crippen LogP contribution in [0.1, 0.15) is 31.2 Å². The van der Waals surface area contributed by atoms with Crippen molar-refractivity contribution in [2.24, 2.45) is 0 Å². The summed E-state index contributed by atoms with van der Waals surface area (Å²) in [5, 5.41) is 5.71. The molecule has 0 aromatic heterocycles. The van der Waals surface area contributed by atoms with Crippen molar-refractivity contribution in [3.63, 3.8) is 0 Å². The van der Waals surface area contributed by atoms with Gasteiger partial charge in [0.25, 0.3) is 0 Å². The highest BCUT2D eigenvalue weighted by Crippen LogP contribution is 2.29. The third kappa shape index (κ3) is 4.63. The zero-order valence-corrected chi connectivity index (χ0v) is 12.8. The molecule has 0 bridgehead atoms. The van der Waals surface area contributed by atoms with Crippen LogP contribution in [0.5, 0.6) is 11.5 Å². The first-order valence-corrected chi connectivity index (χ1v) is 7.48. The van der Waals surface area contributed by atoms with E-state index in [0.717, 1.165) is 29.9 Å². The van der Waals surface area contributed by atoms with E-state index in [9.17, 15) is 4.79 Å². The van der Waals surface area contributed by atoms with Crippen molar-refractivity contribution in [2.45, 2.75) is 38.3 Å². The van der Waals surface area contributed by atoms with Crippen LogP contribution in [-0.2, 0) is 11.3 Å². The molecular formula is C16H24N2O3. The maximum atomic E-state index is 11.6. The Morgan fingerprint density at radius 1 is 1.33 bits per heavy atom. The summed E-state index contributed by atoms with van der Waals surface area (Å²) in [6.45, 7) is 0.779. The summed E-state index contributed by atoms with van der Waals surface area (Å²) in [5.41, 5.74) is 0.979. The Labute approximate surface area is 126 Å². The van der Waals surface area contributed by atoms with E-state index in [0.29, 0.717) is 13.1 Å². The molecule has 2 N–H and O–H groups in total. The van der Waals surface area contributed by atoms with Crippen LogP contribution in [0.2, 0.25) is 0 Å². The second kappa shape index (κ2) is 7.88. The van der Waals surface area contributed by atoms with Crippen LogP contribution in [-0.4, -0.2) is 32.7 Å². The molecule has 1 aliphatic carbocycles. The minimum Gasteiger partial charge on any atom is -0.497 e. The number of likely N-dealkylation sites (N-methyl/N-ethyl adjacent to an activating group) is 1. The van der Waals surface area contributed by atoms with Crippen molar-refractivity contribution in [2.75, 3.05) is 20.7 Å². The van der Waals surface area contributed by atoms with Crippen molar-refractivity contribution in [1.29, 1.82) is 0 Å². The van der Waals surface area contributed by atoms with Gasteiger partial charge in [-0.25, -0.2) is 0 Å². The summed E-state index contributed by atoms with van der Waals surface area (Å²) in [7, 11) is 3.39. The smallest absolute Gasteiger partial charge is 0.234 e. The number of hydrogen-bond donors (Lipinski definition) is 2.